The average molecular weight is 332 g/mol. The summed E-state index contributed by atoms with van der Waals surface area (Å²) in [7, 11) is 0. The number of hydrogen-bond acceptors (Lipinski definition) is 2. The van der Waals surface area contributed by atoms with Crippen molar-refractivity contribution < 1.29 is 4.74 Å². The fraction of sp³-hybridized carbons (Fsp3) is 0.391. The van der Waals surface area contributed by atoms with Crippen LogP contribution in [0.2, 0.25) is 0 Å². The van der Waals surface area contributed by atoms with Crippen molar-refractivity contribution in [3.05, 3.63) is 60.0 Å². The molecule has 2 heteroatoms. The highest BCUT2D eigenvalue weighted by Gasteiger charge is 2.13. The second-order valence-corrected chi connectivity index (χ2v) is 6.80. The number of nitriles is 1. The first-order valence-electron chi connectivity index (χ1n) is 9.38. The van der Waals surface area contributed by atoms with E-state index in [1.54, 1.807) is 0 Å². The van der Waals surface area contributed by atoms with Gasteiger partial charge in [-0.1, -0.05) is 43.2 Å². The van der Waals surface area contributed by atoms with E-state index in [1.165, 1.54) is 37.7 Å². The Morgan fingerprint density at radius 1 is 1.04 bits per heavy atom. The number of nitrogens with zero attached hydrogens (tertiary/aromatic N) is 1. The van der Waals surface area contributed by atoms with Crippen molar-refractivity contribution in [2.24, 2.45) is 5.92 Å². The molecule has 0 aromatic heterocycles. The molecule has 0 spiro atoms. The predicted octanol–water partition coefficient (Wildman–Crippen LogP) is 5.95. The molecule has 25 heavy (non-hydrogen) atoms. The van der Waals surface area contributed by atoms with Gasteiger partial charge in [0, 0.05) is 0 Å². The normalized spacial score (nSPS) is 14.9. The second-order valence-electron chi connectivity index (χ2n) is 6.80. The number of aryl methyl sites for hydroxylation is 1. The van der Waals surface area contributed by atoms with Crippen LogP contribution in [0.1, 0.15) is 50.2 Å². The molecule has 0 heterocycles. The average Bonchev–Trinajstić information content (AvgIpc) is 2.68. The van der Waals surface area contributed by atoms with Gasteiger partial charge in [-0.2, -0.15) is 5.26 Å². The van der Waals surface area contributed by atoms with Gasteiger partial charge in [-0.05, 0) is 73.8 Å². The van der Waals surface area contributed by atoms with Gasteiger partial charge in [0.1, 0.15) is 11.8 Å². The Kier molecular flexibility index (Phi) is 6.12. The lowest BCUT2D eigenvalue weighted by atomic mass is 9.85. The molecule has 0 atom stereocenters. The lowest BCUT2D eigenvalue weighted by Gasteiger charge is -2.21. The van der Waals surface area contributed by atoms with Gasteiger partial charge in [0.2, 0.25) is 0 Å². The second kappa shape index (κ2) is 8.72. The van der Waals surface area contributed by atoms with E-state index in [9.17, 15) is 5.26 Å². The molecule has 1 fully saturated rings. The Morgan fingerprint density at radius 3 is 2.44 bits per heavy atom. The Bertz CT molecular complexity index is 721. The van der Waals surface area contributed by atoms with Crippen LogP contribution in [0.3, 0.4) is 0 Å². The summed E-state index contributed by atoms with van der Waals surface area (Å²) in [6.45, 7) is 2.50. The van der Waals surface area contributed by atoms with Crippen molar-refractivity contribution in [3.63, 3.8) is 0 Å². The van der Waals surface area contributed by atoms with Crippen LogP contribution in [0.4, 0.5) is 0 Å². The van der Waals surface area contributed by atoms with Crippen LogP contribution in [-0.2, 0) is 6.42 Å². The van der Waals surface area contributed by atoms with Gasteiger partial charge < -0.3 is 4.74 Å². The Labute approximate surface area is 151 Å². The molecule has 0 bridgehead atoms. The van der Waals surface area contributed by atoms with E-state index in [0.29, 0.717) is 17.9 Å². The lowest BCUT2D eigenvalue weighted by molar-refractivity contribution is 0.339. The first-order chi connectivity index (χ1) is 12.3. The van der Waals surface area contributed by atoms with Gasteiger partial charge in [0.25, 0.3) is 0 Å². The zero-order valence-corrected chi connectivity index (χ0v) is 15.0. The van der Waals surface area contributed by atoms with E-state index in [-0.39, 0.29) is 0 Å². The van der Waals surface area contributed by atoms with Crippen LogP contribution in [0, 0.1) is 23.7 Å². The van der Waals surface area contributed by atoms with E-state index in [2.05, 4.69) is 36.8 Å². The molecule has 2 aromatic carbocycles. The summed E-state index contributed by atoms with van der Waals surface area (Å²) in [5.74, 6) is 1.56. The van der Waals surface area contributed by atoms with E-state index >= 15 is 0 Å². The molecule has 2 aromatic rings. The number of rotatable bonds is 6. The van der Waals surface area contributed by atoms with E-state index in [1.807, 2.05) is 25.1 Å². The molecule has 0 saturated heterocycles. The lowest BCUT2D eigenvalue weighted by Crippen LogP contribution is -2.07. The summed E-state index contributed by atoms with van der Waals surface area (Å²) in [6.07, 6.45) is 10.2. The van der Waals surface area contributed by atoms with Crippen LogP contribution in [0.15, 0.2) is 42.5 Å². The minimum Gasteiger partial charge on any atom is -0.492 e. The Hall–Kier alpha value is -2.27. The molecule has 0 unspecified atom stereocenters. The van der Waals surface area contributed by atoms with Crippen molar-refractivity contribution in [2.45, 2.75) is 45.4 Å². The first kappa shape index (κ1) is 17.5. The molecule has 2 nitrogen and oxygen atoms in total. The zero-order valence-electron chi connectivity index (χ0n) is 15.0. The smallest absolute Gasteiger partial charge is 0.137 e. The third-order valence-corrected chi connectivity index (χ3v) is 5.09. The SMILES string of the molecule is CCOc1ccc(-c2ccc(CCC3CC[CH]CC3)cc2)cc1C#N. The van der Waals surface area contributed by atoms with Crippen molar-refractivity contribution >= 4 is 0 Å². The number of ether oxygens (including phenoxy) is 1. The van der Waals surface area contributed by atoms with E-state index in [4.69, 9.17) is 4.74 Å². The maximum atomic E-state index is 9.32. The van der Waals surface area contributed by atoms with Gasteiger partial charge in [0.15, 0.2) is 0 Å². The van der Waals surface area contributed by atoms with Crippen LogP contribution in [0.25, 0.3) is 11.1 Å². The molecular formula is C23H26NO. The van der Waals surface area contributed by atoms with Crippen molar-refractivity contribution in [1.29, 1.82) is 5.26 Å². The molecule has 1 aliphatic rings. The van der Waals surface area contributed by atoms with Gasteiger partial charge in [-0.25, -0.2) is 0 Å². The highest BCUT2D eigenvalue weighted by atomic mass is 16.5. The monoisotopic (exact) mass is 332 g/mol. The van der Waals surface area contributed by atoms with Crippen molar-refractivity contribution in [3.8, 4) is 22.9 Å². The zero-order chi connectivity index (χ0) is 17.5. The van der Waals surface area contributed by atoms with Crippen LogP contribution in [0.5, 0.6) is 5.75 Å². The third-order valence-electron chi connectivity index (χ3n) is 5.09. The molecule has 0 aliphatic heterocycles. The molecule has 1 aliphatic carbocycles. The summed E-state index contributed by atoms with van der Waals surface area (Å²) >= 11 is 0. The molecular weight excluding hydrogens is 306 g/mol. The van der Waals surface area contributed by atoms with Gasteiger partial charge in [-0.15, -0.1) is 0 Å². The summed E-state index contributed by atoms with van der Waals surface area (Å²) in [5.41, 5.74) is 4.22. The summed E-state index contributed by atoms with van der Waals surface area (Å²) in [5, 5.41) is 9.32. The van der Waals surface area contributed by atoms with Gasteiger partial charge >= 0.3 is 0 Å². The van der Waals surface area contributed by atoms with Crippen molar-refractivity contribution in [2.75, 3.05) is 6.61 Å². The number of benzene rings is 2. The molecule has 1 radical (unpaired) electrons. The highest BCUT2D eigenvalue weighted by Crippen LogP contribution is 2.29. The Balaban J connectivity index is 1.66. The molecule has 129 valence electrons. The fourth-order valence-corrected chi connectivity index (χ4v) is 3.60. The molecule has 0 amide bonds. The van der Waals surface area contributed by atoms with Crippen molar-refractivity contribution in [1.82, 2.24) is 0 Å². The molecule has 3 rings (SSSR count). The van der Waals surface area contributed by atoms with E-state index in [0.717, 1.165) is 23.5 Å². The van der Waals surface area contributed by atoms with Gasteiger partial charge in [-0.3, -0.25) is 0 Å². The maximum Gasteiger partial charge on any atom is 0.137 e. The number of hydrogen-bond donors (Lipinski definition) is 0. The highest BCUT2D eigenvalue weighted by molar-refractivity contribution is 5.67. The van der Waals surface area contributed by atoms with Crippen LogP contribution < -0.4 is 4.74 Å². The van der Waals surface area contributed by atoms with Gasteiger partial charge in [0.05, 0.1) is 12.2 Å². The minimum atomic E-state index is 0.571. The fourth-order valence-electron chi connectivity index (χ4n) is 3.60. The predicted molar refractivity (Wildman–Crippen MR) is 102 cm³/mol. The standard InChI is InChI=1S/C23H26NO/c1-2-25-23-15-14-21(16-22(23)17-24)20-12-10-19(11-13-20)9-8-18-6-4-3-5-7-18/h3,10-16,18H,2,4-9H2,1H3. The first-order valence-corrected chi connectivity index (χ1v) is 9.38. The minimum absolute atomic E-state index is 0.571. The van der Waals surface area contributed by atoms with E-state index < -0.39 is 0 Å². The Morgan fingerprint density at radius 2 is 1.76 bits per heavy atom. The maximum absolute atomic E-state index is 9.32. The largest absolute Gasteiger partial charge is 0.492 e. The summed E-state index contributed by atoms with van der Waals surface area (Å²) < 4.78 is 5.50. The third kappa shape index (κ3) is 4.63. The molecule has 1 saturated carbocycles. The summed E-state index contributed by atoms with van der Waals surface area (Å²) in [4.78, 5) is 0. The molecule has 0 N–H and O–H groups in total. The van der Waals surface area contributed by atoms with Crippen LogP contribution in [-0.4, -0.2) is 6.61 Å². The summed E-state index contributed by atoms with van der Waals surface area (Å²) in [6, 6.07) is 16.9. The van der Waals surface area contributed by atoms with Crippen LogP contribution >= 0.6 is 0 Å². The quantitative estimate of drug-likeness (QED) is 0.654. The topological polar surface area (TPSA) is 33.0 Å².